The van der Waals surface area contributed by atoms with Crippen LogP contribution in [0.2, 0.25) is 5.02 Å². The molecule has 144 valence electrons. The van der Waals surface area contributed by atoms with E-state index in [0.29, 0.717) is 16.3 Å². The predicted molar refractivity (Wildman–Crippen MR) is 120 cm³/mol. The summed E-state index contributed by atoms with van der Waals surface area (Å²) in [5.74, 6) is 1.13. The fourth-order valence-corrected chi connectivity index (χ4v) is 5.43. The molecule has 0 amide bonds. The second kappa shape index (κ2) is 7.33. The van der Waals surface area contributed by atoms with Gasteiger partial charge in [0.2, 0.25) is 0 Å². The van der Waals surface area contributed by atoms with E-state index in [1.165, 1.54) is 11.8 Å². The summed E-state index contributed by atoms with van der Waals surface area (Å²) in [6.45, 7) is 0. The first-order valence-electron chi connectivity index (χ1n) is 8.79. The Labute approximate surface area is 179 Å². The maximum Gasteiger partial charge on any atom is 0.173 e. The molecule has 0 atom stereocenters. The van der Waals surface area contributed by atoms with Crippen molar-refractivity contribution in [2.24, 2.45) is 0 Å². The number of nitrogens with zero attached hydrogens (tertiary/aromatic N) is 2. The summed E-state index contributed by atoms with van der Waals surface area (Å²) in [7, 11) is 1.63. The third kappa shape index (κ3) is 3.35. The number of thiazole rings is 1. The fourth-order valence-electron chi connectivity index (χ4n) is 3.24. The van der Waals surface area contributed by atoms with E-state index in [4.69, 9.17) is 16.3 Å². The van der Waals surface area contributed by atoms with Crippen LogP contribution in [0.4, 0.5) is 0 Å². The summed E-state index contributed by atoms with van der Waals surface area (Å²) in [5.41, 5.74) is 3.15. The van der Waals surface area contributed by atoms with Gasteiger partial charge in [0.25, 0.3) is 0 Å². The molecule has 0 unspecified atom stereocenters. The number of nitrogens with one attached hydrogen (secondary N) is 1. The number of methoxy groups -OCH3 is 1. The average Bonchev–Trinajstić information content (AvgIpc) is 3.32. The Morgan fingerprint density at radius 2 is 2.14 bits per heavy atom. The van der Waals surface area contributed by atoms with Crippen LogP contribution in [0.15, 0.2) is 53.0 Å². The van der Waals surface area contributed by atoms with E-state index in [1.807, 2.05) is 36.4 Å². The normalized spacial score (nSPS) is 11.5. The first kappa shape index (κ1) is 18.4. The number of carbonyl (C=O) groups is 1. The Morgan fingerprint density at radius 1 is 1.24 bits per heavy atom. The molecule has 2 aromatic carbocycles. The van der Waals surface area contributed by atoms with Gasteiger partial charge in [0.05, 0.1) is 28.1 Å². The lowest BCUT2D eigenvalue weighted by atomic mass is 10.1. The van der Waals surface area contributed by atoms with Crippen LogP contribution >= 0.6 is 34.7 Å². The number of H-pyrrole nitrogens is 1. The van der Waals surface area contributed by atoms with Crippen LogP contribution in [0.3, 0.4) is 0 Å². The highest BCUT2D eigenvalue weighted by Gasteiger charge is 2.14. The summed E-state index contributed by atoms with van der Waals surface area (Å²) in [4.78, 5) is 25.0. The van der Waals surface area contributed by atoms with Gasteiger partial charge in [-0.1, -0.05) is 23.4 Å². The molecule has 0 spiro atoms. The smallest absolute Gasteiger partial charge is 0.173 e. The molecule has 0 fully saturated rings. The van der Waals surface area contributed by atoms with Crippen LogP contribution in [-0.4, -0.2) is 33.6 Å². The van der Waals surface area contributed by atoms with Gasteiger partial charge in [-0.05, 0) is 36.4 Å². The molecule has 8 heteroatoms. The van der Waals surface area contributed by atoms with Crippen molar-refractivity contribution in [1.29, 1.82) is 0 Å². The van der Waals surface area contributed by atoms with Crippen LogP contribution < -0.4 is 4.74 Å². The number of fused-ring (bicyclic) bond motifs is 4. The number of thioether (sulfide) groups is 1. The molecule has 0 saturated carbocycles. The summed E-state index contributed by atoms with van der Waals surface area (Å²) in [6.07, 6.45) is 1.66. The number of hydrogen-bond acceptors (Lipinski definition) is 6. The third-order valence-electron chi connectivity index (χ3n) is 4.67. The number of halogens is 1. The highest BCUT2D eigenvalue weighted by atomic mass is 35.5. The number of hydrogen-bond donors (Lipinski definition) is 1. The zero-order valence-corrected chi connectivity index (χ0v) is 17.6. The van der Waals surface area contributed by atoms with Gasteiger partial charge in [-0.3, -0.25) is 4.79 Å². The van der Waals surface area contributed by atoms with Gasteiger partial charge in [0.1, 0.15) is 11.4 Å². The summed E-state index contributed by atoms with van der Waals surface area (Å²) < 4.78 is 7.18. The van der Waals surface area contributed by atoms with Crippen LogP contribution in [-0.2, 0) is 0 Å². The van der Waals surface area contributed by atoms with Crippen LogP contribution in [0.5, 0.6) is 5.75 Å². The van der Waals surface area contributed by atoms with Crippen molar-refractivity contribution in [1.82, 2.24) is 15.0 Å². The third-order valence-corrected chi connectivity index (χ3v) is 7.16. The van der Waals surface area contributed by atoms with Crippen LogP contribution in [0.25, 0.3) is 32.2 Å². The second-order valence-electron chi connectivity index (χ2n) is 6.43. The van der Waals surface area contributed by atoms with Gasteiger partial charge in [-0.2, -0.15) is 0 Å². The van der Waals surface area contributed by atoms with Crippen molar-refractivity contribution in [2.45, 2.75) is 4.34 Å². The Morgan fingerprint density at radius 3 is 3.00 bits per heavy atom. The Balaban J connectivity index is 1.40. The predicted octanol–water partition coefficient (Wildman–Crippen LogP) is 5.96. The van der Waals surface area contributed by atoms with E-state index < -0.39 is 0 Å². The number of ether oxygens (including phenoxy) is 1. The number of aromatic nitrogens is 3. The Hall–Kier alpha value is -2.61. The lowest BCUT2D eigenvalue weighted by molar-refractivity contribution is 0.102. The quantitative estimate of drug-likeness (QED) is 0.270. The van der Waals surface area contributed by atoms with E-state index in [9.17, 15) is 4.79 Å². The zero-order chi connectivity index (χ0) is 20.0. The first-order valence-corrected chi connectivity index (χ1v) is 11.0. The molecule has 0 aliphatic carbocycles. The highest BCUT2D eigenvalue weighted by Crippen LogP contribution is 2.33. The number of ketones is 1. The molecule has 5 aromatic rings. The molecule has 0 aliphatic heterocycles. The van der Waals surface area contributed by atoms with Crippen LogP contribution in [0, 0.1) is 0 Å². The average molecular weight is 440 g/mol. The molecule has 3 heterocycles. The lowest BCUT2D eigenvalue weighted by Crippen LogP contribution is -2.01. The minimum atomic E-state index is 0.0445. The van der Waals surface area contributed by atoms with Crippen LogP contribution in [0.1, 0.15) is 10.4 Å². The second-order valence-corrected chi connectivity index (χ2v) is 9.09. The van der Waals surface area contributed by atoms with Crippen molar-refractivity contribution < 1.29 is 9.53 Å². The van der Waals surface area contributed by atoms with Crippen molar-refractivity contribution in [3.8, 4) is 5.75 Å². The number of carbonyl (C=O) groups excluding carboxylic acids is 1. The molecular formula is C21H14ClN3O2S2. The number of aromatic amines is 1. The van der Waals surface area contributed by atoms with Gasteiger partial charge in [-0.15, -0.1) is 11.3 Å². The minimum absolute atomic E-state index is 0.0445. The number of rotatable bonds is 5. The molecular weight excluding hydrogens is 426 g/mol. The van der Waals surface area contributed by atoms with Gasteiger partial charge >= 0.3 is 0 Å². The van der Waals surface area contributed by atoms with Gasteiger partial charge in [-0.25, -0.2) is 9.97 Å². The Bertz CT molecular complexity index is 1390. The molecule has 0 radical (unpaired) electrons. The molecule has 29 heavy (non-hydrogen) atoms. The molecule has 0 bridgehead atoms. The lowest BCUT2D eigenvalue weighted by Gasteiger charge is -2.01. The van der Waals surface area contributed by atoms with E-state index in [-0.39, 0.29) is 5.78 Å². The summed E-state index contributed by atoms with van der Waals surface area (Å²) in [6, 6.07) is 13.2. The van der Waals surface area contributed by atoms with E-state index >= 15 is 0 Å². The minimum Gasteiger partial charge on any atom is -0.497 e. The van der Waals surface area contributed by atoms with Crippen molar-refractivity contribution in [3.63, 3.8) is 0 Å². The molecule has 0 aliphatic rings. The van der Waals surface area contributed by atoms with E-state index in [0.717, 1.165) is 42.2 Å². The molecule has 0 saturated heterocycles. The zero-order valence-electron chi connectivity index (χ0n) is 15.2. The summed E-state index contributed by atoms with van der Waals surface area (Å²) >= 11 is 9.37. The monoisotopic (exact) mass is 439 g/mol. The fraction of sp³-hybridized carbons (Fsp3) is 0.0952. The van der Waals surface area contributed by atoms with E-state index in [1.54, 1.807) is 30.7 Å². The molecule has 5 rings (SSSR count). The standard InChI is InChI=1S/C21H14ClN3O2S2/c1-27-12-3-5-18-16(9-12)25-21(29-18)28-10-17(26)11-2-4-15-13(8-11)19-14(22)6-7-23-20(19)24-15/h2-9H,10H2,1H3,(H,23,24). The molecule has 1 N–H and O–H groups in total. The Kier molecular flexibility index (Phi) is 4.66. The number of pyridine rings is 1. The molecule has 5 nitrogen and oxygen atoms in total. The topological polar surface area (TPSA) is 67.9 Å². The van der Waals surface area contributed by atoms with E-state index in [2.05, 4.69) is 15.0 Å². The van der Waals surface area contributed by atoms with Gasteiger partial charge in [0.15, 0.2) is 10.1 Å². The first-order chi connectivity index (χ1) is 14.1. The van der Waals surface area contributed by atoms with Crippen molar-refractivity contribution in [2.75, 3.05) is 12.9 Å². The van der Waals surface area contributed by atoms with Crippen molar-refractivity contribution in [3.05, 3.63) is 59.2 Å². The van der Waals surface area contributed by atoms with Gasteiger partial charge in [0, 0.05) is 34.1 Å². The number of Topliss-reactive ketones (excluding diaryl/α,β-unsaturated/α-hetero) is 1. The SMILES string of the molecule is COc1ccc2sc(SCC(=O)c3ccc4[nH]c5nccc(Cl)c5c4c3)nc2c1. The largest absolute Gasteiger partial charge is 0.497 e. The maximum atomic E-state index is 12.8. The van der Waals surface area contributed by atoms with Gasteiger partial charge < -0.3 is 9.72 Å². The van der Waals surface area contributed by atoms with Crippen molar-refractivity contribution >= 4 is 72.6 Å². The maximum absolute atomic E-state index is 12.8. The highest BCUT2D eigenvalue weighted by molar-refractivity contribution is 8.01. The number of benzene rings is 2. The molecule has 3 aromatic heterocycles. The summed E-state index contributed by atoms with van der Waals surface area (Å²) in [5, 5.41) is 2.36.